The van der Waals surface area contributed by atoms with Crippen LogP contribution in [0.5, 0.6) is 0 Å². The van der Waals surface area contributed by atoms with Crippen molar-refractivity contribution in [3.05, 3.63) is 35.4 Å². The SMILES string of the molecule is COC(C)CCOC(=O)c1ccccc1C(=O)O. The van der Waals surface area contributed by atoms with Crippen LogP contribution in [-0.2, 0) is 9.47 Å². The molecule has 18 heavy (non-hydrogen) atoms. The summed E-state index contributed by atoms with van der Waals surface area (Å²) in [5.74, 6) is -1.77. The van der Waals surface area contributed by atoms with E-state index < -0.39 is 11.9 Å². The first kappa shape index (κ1) is 14.2. The molecule has 0 radical (unpaired) electrons. The lowest BCUT2D eigenvalue weighted by molar-refractivity contribution is 0.0384. The molecule has 1 atom stereocenters. The average molecular weight is 252 g/mol. The number of carboxylic acid groups (broad SMARTS) is 1. The second-order valence-corrected chi connectivity index (χ2v) is 3.82. The highest BCUT2D eigenvalue weighted by molar-refractivity contribution is 6.02. The summed E-state index contributed by atoms with van der Waals surface area (Å²) in [6, 6.07) is 5.97. The molecule has 1 aromatic carbocycles. The van der Waals surface area contributed by atoms with Gasteiger partial charge in [-0.15, -0.1) is 0 Å². The lowest BCUT2D eigenvalue weighted by Gasteiger charge is -2.10. The number of benzene rings is 1. The van der Waals surface area contributed by atoms with Crippen LogP contribution in [0, 0.1) is 0 Å². The van der Waals surface area contributed by atoms with E-state index in [1.165, 1.54) is 12.1 Å². The summed E-state index contributed by atoms with van der Waals surface area (Å²) in [4.78, 5) is 22.6. The minimum Gasteiger partial charge on any atom is -0.478 e. The Kier molecular flexibility index (Phi) is 5.32. The van der Waals surface area contributed by atoms with Crippen molar-refractivity contribution in [2.75, 3.05) is 13.7 Å². The number of aromatic carboxylic acids is 1. The summed E-state index contributed by atoms with van der Waals surface area (Å²) < 4.78 is 10.0. The zero-order valence-corrected chi connectivity index (χ0v) is 10.4. The first-order valence-corrected chi connectivity index (χ1v) is 5.58. The zero-order chi connectivity index (χ0) is 13.5. The molecule has 1 N–H and O–H groups in total. The van der Waals surface area contributed by atoms with Gasteiger partial charge in [0.1, 0.15) is 0 Å². The molecule has 1 unspecified atom stereocenters. The highest BCUT2D eigenvalue weighted by Crippen LogP contribution is 2.10. The van der Waals surface area contributed by atoms with Gasteiger partial charge in [0, 0.05) is 13.5 Å². The van der Waals surface area contributed by atoms with Gasteiger partial charge in [-0.1, -0.05) is 12.1 Å². The molecule has 0 bridgehead atoms. The van der Waals surface area contributed by atoms with Gasteiger partial charge in [0.25, 0.3) is 0 Å². The van der Waals surface area contributed by atoms with Gasteiger partial charge in [-0.05, 0) is 19.1 Å². The molecule has 0 aromatic heterocycles. The van der Waals surface area contributed by atoms with Crippen LogP contribution in [0.3, 0.4) is 0 Å². The fourth-order valence-corrected chi connectivity index (χ4v) is 1.36. The maximum atomic E-state index is 11.7. The molecule has 0 aliphatic rings. The fourth-order valence-electron chi connectivity index (χ4n) is 1.36. The van der Waals surface area contributed by atoms with Crippen molar-refractivity contribution in [3.63, 3.8) is 0 Å². The van der Waals surface area contributed by atoms with Crippen molar-refractivity contribution in [2.24, 2.45) is 0 Å². The largest absolute Gasteiger partial charge is 0.478 e. The number of ether oxygens (including phenoxy) is 2. The van der Waals surface area contributed by atoms with E-state index in [1.807, 2.05) is 6.92 Å². The van der Waals surface area contributed by atoms with Crippen molar-refractivity contribution in [2.45, 2.75) is 19.4 Å². The number of methoxy groups -OCH3 is 1. The van der Waals surface area contributed by atoms with Crippen LogP contribution in [0.4, 0.5) is 0 Å². The summed E-state index contributed by atoms with van der Waals surface area (Å²) in [5, 5.41) is 8.94. The Labute approximate surface area is 105 Å². The Balaban J connectivity index is 2.64. The molecular formula is C13H16O5. The molecule has 0 saturated heterocycles. The van der Waals surface area contributed by atoms with Gasteiger partial charge in [-0.2, -0.15) is 0 Å². The van der Waals surface area contributed by atoms with Crippen LogP contribution in [0.1, 0.15) is 34.1 Å². The monoisotopic (exact) mass is 252 g/mol. The summed E-state index contributed by atoms with van der Waals surface area (Å²) in [6.45, 7) is 2.06. The fraction of sp³-hybridized carbons (Fsp3) is 0.385. The van der Waals surface area contributed by atoms with Gasteiger partial charge >= 0.3 is 11.9 Å². The van der Waals surface area contributed by atoms with Gasteiger partial charge in [0.15, 0.2) is 0 Å². The molecule has 0 aliphatic heterocycles. The number of rotatable bonds is 6. The van der Waals surface area contributed by atoms with E-state index >= 15 is 0 Å². The number of carbonyl (C=O) groups excluding carboxylic acids is 1. The van der Waals surface area contributed by atoms with E-state index in [-0.39, 0.29) is 23.8 Å². The van der Waals surface area contributed by atoms with Gasteiger partial charge < -0.3 is 14.6 Å². The molecular weight excluding hydrogens is 236 g/mol. The van der Waals surface area contributed by atoms with Gasteiger partial charge in [-0.3, -0.25) is 0 Å². The molecule has 0 aliphatic carbocycles. The summed E-state index contributed by atoms with van der Waals surface area (Å²) in [6.07, 6.45) is 0.560. The predicted octanol–water partition coefficient (Wildman–Crippen LogP) is 1.97. The van der Waals surface area contributed by atoms with E-state index in [4.69, 9.17) is 14.6 Å². The van der Waals surface area contributed by atoms with Crippen LogP contribution in [0.15, 0.2) is 24.3 Å². The van der Waals surface area contributed by atoms with Gasteiger partial charge in [0.05, 0.1) is 23.8 Å². The highest BCUT2D eigenvalue weighted by atomic mass is 16.5. The maximum absolute atomic E-state index is 11.7. The zero-order valence-electron chi connectivity index (χ0n) is 10.4. The molecule has 0 spiro atoms. The first-order chi connectivity index (χ1) is 8.56. The molecule has 0 amide bonds. The Hall–Kier alpha value is -1.88. The molecule has 1 rings (SSSR count). The van der Waals surface area contributed by atoms with E-state index in [2.05, 4.69) is 0 Å². The van der Waals surface area contributed by atoms with Crippen molar-refractivity contribution < 1.29 is 24.2 Å². The molecule has 0 fully saturated rings. The lowest BCUT2D eigenvalue weighted by Crippen LogP contribution is -2.15. The minimum atomic E-state index is -1.15. The number of hydrogen-bond acceptors (Lipinski definition) is 4. The van der Waals surface area contributed by atoms with Crippen LogP contribution < -0.4 is 0 Å². The van der Waals surface area contributed by atoms with Crippen LogP contribution in [-0.4, -0.2) is 36.9 Å². The predicted molar refractivity (Wildman–Crippen MR) is 64.8 cm³/mol. The molecule has 0 heterocycles. The maximum Gasteiger partial charge on any atom is 0.339 e. The number of carboxylic acids is 1. The van der Waals surface area contributed by atoms with Crippen molar-refractivity contribution in [3.8, 4) is 0 Å². The van der Waals surface area contributed by atoms with Gasteiger partial charge in [-0.25, -0.2) is 9.59 Å². The number of carbonyl (C=O) groups is 2. The third kappa shape index (κ3) is 3.85. The molecule has 5 heteroatoms. The average Bonchev–Trinajstić information content (AvgIpc) is 2.38. The first-order valence-electron chi connectivity index (χ1n) is 5.58. The molecule has 1 aromatic rings. The van der Waals surface area contributed by atoms with E-state index in [0.29, 0.717) is 6.42 Å². The van der Waals surface area contributed by atoms with Crippen molar-refractivity contribution in [1.82, 2.24) is 0 Å². The topological polar surface area (TPSA) is 72.8 Å². The van der Waals surface area contributed by atoms with Crippen LogP contribution in [0.25, 0.3) is 0 Å². The Bertz CT molecular complexity index is 427. The van der Waals surface area contributed by atoms with E-state index in [1.54, 1.807) is 19.2 Å². The Morgan fingerprint density at radius 2 is 1.89 bits per heavy atom. The summed E-state index contributed by atoms with van der Waals surface area (Å²) in [5.41, 5.74) is 0.0114. The van der Waals surface area contributed by atoms with E-state index in [0.717, 1.165) is 0 Å². The number of esters is 1. The summed E-state index contributed by atoms with van der Waals surface area (Å²) >= 11 is 0. The highest BCUT2D eigenvalue weighted by Gasteiger charge is 2.16. The Morgan fingerprint density at radius 3 is 2.44 bits per heavy atom. The van der Waals surface area contributed by atoms with Crippen molar-refractivity contribution >= 4 is 11.9 Å². The Morgan fingerprint density at radius 1 is 1.28 bits per heavy atom. The summed E-state index contributed by atoms with van der Waals surface area (Å²) in [7, 11) is 1.58. The molecule has 5 nitrogen and oxygen atoms in total. The molecule has 0 saturated carbocycles. The van der Waals surface area contributed by atoms with Crippen LogP contribution in [0.2, 0.25) is 0 Å². The minimum absolute atomic E-state index is 0.00693. The number of hydrogen-bond donors (Lipinski definition) is 1. The van der Waals surface area contributed by atoms with Crippen LogP contribution >= 0.6 is 0 Å². The second kappa shape index (κ2) is 6.76. The standard InChI is InChI=1S/C13H16O5/c1-9(17-2)7-8-18-13(16)11-6-4-3-5-10(11)12(14)15/h3-6,9H,7-8H2,1-2H3,(H,14,15). The van der Waals surface area contributed by atoms with Crippen molar-refractivity contribution in [1.29, 1.82) is 0 Å². The lowest BCUT2D eigenvalue weighted by atomic mass is 10.1. The third-order valence-corrected chi connectivity index (χ3v) is 2.54. The van der Waals surface area contributed by atoms with E-state index in [9.17, 15) is 9.59 Å². The smallest absolute Gasteiger partial charge is 0.339 e. The second-order valence-electron chi connectivity index (χ2n) is 3.82. The normalized spacial score (nSPS) is 11.9. The molecule has 98 valence electrons. The van der Waals surface area contributed by atoms with Gasteiger partial charge in [0.2, 0.25) is 0 Å². The third-order valence-electron chi connectivity index (χ3n) is 2.54. The quantitative estimate of drug-likeness (QED) is 0.783.